The van der Waals surface area contributed by atoms with Crippen molar-refractivity contribution in [2.24, 2.45) is 0 Å². The van der Waals surface area contributed by atoms with Gasteiger partial charge in [0.25, 0.3) is 5.24 Å². The summed E-state index contributed by atoms with van der Waals surface area (Å²) in [7, 11) is 1.28. The van der Waals surface area contributed by atoms with Crippen molar-refractivity contribution in [3.63, 3.8) is 0 Å². The molecule has 0 amide bonds. The van der Waals surface area contributed by atoms with Crippen molar-refractivity contribution in [2.75, 3.05) is 7.11 Å². The van der Waals surface area contributed by atoms with E-state index in [1.165, 1.54) is 19.2 Å². The lowest BCUT2D eigenvalue weighted by atomic mass is 10.2. The number of benzene rings is 1. The van der Waals surface area contributed by atoms with E-state index in [4.69, 9.17) is 16.3 Å². The van der Waals surface area contributed by atoms with Crippen molar-refractivity contribution >= 4 is 38.5 Å². The van der Waals surface area contributed by atoms with E-state index in [9.17, 15) is 14.9 Å². The fourth-order valence-electron chi connectivity index (χ4n) is 1.000. The Balaban J connectivity index is 3.42. The van der Waals surface area contributed by atoms with E-state index >= 15 is 0 Å². The zero-order chi connectivity index (χ0) is 11.6. The molecule has 1 aromatic carbocycles. The molecule has 1 rings (SSSR count). The molecular weight excluding hydrogens is 289 g/mol. The maximum atomic E-state index is 10.9. The minimum Gasteiger partial charge on any atom is -0.490 e. The van der Waals surface area contributed by atoms with E-state index in [0.717, 1.165) is 0 Å². The molecule has 0 N–H and O–H groups in total. The van der Waals surface area contributed by atoms with Crippen molar-refractivity contribution in [3.8, 4) is 5.75 Å². The average Bonchev–Trinajstić information content (AvgIpc) is 2.16. The predicted molar refractivity (Wildman–Crippen MR) is 57.5 cm³/mol. The first kappa shape index (κ1) is 11.9. The first-order valence-electron chi connectivity index (χ1n) is 3.69. The lowest BCUT2D eigenvalue weighted by Crippen LogP contribution is -1.98. The number of halogens is 2. The van der Waals surface area contributed by atoms with Crippen LogP contribution in [-0.2, 0) is 0 Å². The molecule has 7 heteroatoms. The second-order valence-electron chi connectivity index (χ2n) is 2.53. The van der Waals surface area contributed by atoms with Gasteiger partial charge in [0.2, 0.25) is 0 Å². The molecule has 0 aliphatic heterocycles. The standard InChI is InChI=1S/C8H5BrClNO4/c1-15-7-2-4(8(10)12)5(9)3-6(7)11(13)14/h2-3H,1H3. The average molecular weight is 294 g/mol. The molecule has 0 aromatic heterocycles. The highest BCUT2D eigenvalue weighted by atomic mass is 79.9. The Kier molecular flexibility index (Phi) is 3.65. The summed E-state index contributed by atoms with van der Waals surface area (Å²) in [4.78, 5) is 20.9. The van der Waals surface area contributed by atoms with Gasteiger partial charge in [-0.1, -0.05) is 0 Å². The molecule has 0 fully saturated rings. The van der Waals surface area contributed by atoms with Crippen LogP contribution in [0.3, 0.4) is 0 Å². The summed E-state index contributed by atoms with van der Waals surface area (Å²) in [5.41, 5.74) is -0.106. The van der Waals surface area contributed by atoms with Gasteiger partial charge in [-0.25, -0.2) is 0 Å². The van der Waals surface area contributed by atoms with Crippen molar-refractivity contribution in [1.29, 1.82) is 0 Å². The van der Waals surface area contributed by atoms with E-state index in [2.05, 4.69) is 15.9 Å². The van der Waals surface area contributed by atoms with Crippen molar-refractivity contribution in [1.82, 2.24) is 0 Å². The number of hydrogen-bond donors (Lipinski definition) is 0. The van der Waals surface area contributed by atoms with Gasteiger partial charge >= 0.3 is 5.69 Å². The van der Waals surface area contributed by atoms with E-state index in [0.29, 0.717) is 0 Å². The highest BCUT2D eigenvalue weighted by Crippen LogP contribution is 2.33. The molecule has 0 bridgehead atoms. The molecule has 0 aliphatic rings. The molecule has 0 heterocycles. The van der Waals surface area contributed by atoms with Gasteiger partial charge in [-0.3, -0.25) is 14.9 Å². The Morgan fingerprint density at radius 3 is 2.60 bits per heavy atom. The van der Waals surface area contributed by atoms with Crippen LogP contribution in [0, 0.1) is 10.1 Å². The Hall–Kier alpha value is -1.14. The van der Waals surface area contributed by atoms with Gasteiger partial charge in [0.05, 0.1) is 17.6 Å². The van der Waals surface area contributed by atoms with Gasteiger partial charge in [-0.2, -0.15) is 0 Å². The Labute approximate surface area is 98.3 Å². The van der Waals surface area contributed by atoms with Crippen LogP contribution in [-0.4, -0.2) is 17.3 Å². The fourth-order valence-corrected chi connectivity index (χ4v) is 1.78. The largest absolute Gasteiger partial charge is 0.490 e. The lowest BCUT2D eigenvalue weighted by molar-refractivity contribution is -0.385. The molecule has 1 aromatic rings. The molecule has 0 unspecified atom stereocenters. The summed E-state index contributed by atoms with van der Waals surface area (Å²) in [6, 6.07) is 2.39. The monoisotopic (exact) mass is 293 g/mol. The molecule has 0 radical (unpaired) electrons. The summed E-state index contributed by atoms with van der Waals surface area (Å²) < 4.78 is 5.04. The number of hydrogen-bond acceptors (Lipinski definition) is 4. The van der Waals surface area contributed by atoms with Crippen molar-refractivity contribution < 1.29 is 14.5 Å². The molecule has 0 atom stereocenters. The quantitative estimate of drug-likeness (QED) is 0.488. The van der Waals surface area contributed by atoms with E-state index in [-0.39, 0.29) is 21.5 Å². The number of carbonyl (C=O) groups excluding carboxylic acids is 1. The normalized spacial score (nSPS) is 9.80. The van der Waals surface area contributed by atoms with Crippen LogP contribution in [0.2, 0.25) is 0 Å². The number of ether oxygens (including phenoxy) is 1. The third-order valence-electron chi connectivity index (χ3n) is 1.68. The molecule has 0 saturated heterocycles. The van der Waals surface area contributed by atoms with Crippen LogP contribution < -0.4 is 4.74 Å². The lowest BCUT2D eigenvalue weighted by Gasteiger charge is -2.04. The Morgan fingerprint density at radius 1 is 1.60 bits per heavy atom. The number of rotatable bonds is 3. The fraction of sp³-hybridized carbons (Fsp3) is 0.125. The molecule has 0 spiro atoms. The number of carbonyl (C=O) groups is 1. The number of methoxy groups -OCH3 is 1. The minimum atomic E-state index is -0.713. The van der Waals surface area contributed by atoms with Crippen LogP contribution >= 0.6 is 27.5 Å². The summed E-state index contributed by atoms with van der Waals surface area (Å²) in [6.07, 6.45) is 0. The number of nitrogens with zero attached hydrogens (tertiary/aromatic N) is 1. The summed E-state index contributed by atoms with van der Waals surface area (Å²) >= 11 is 8.29. The van der Waals surface area contributed by atoms with Crippen LogP contribution in [0.15, 0.2) is 16.6 Å². The van der Waals surface area contributed by atoms with E-state index < -0.39 is 10.2 Å². The highest BCUT2D eigenvalue weighted by molar-refractivity contribution is 9.10. The van der Waals surface area contributed by atoms with E-state index in [1.54, 1.807) is 0 Å². The first-order chi connectivity index (χ1) is 6.97. The van der Waals surface area contributed by atoms with Crippen LogP contribution in [0.1, 0.15) is 10.4 Å². The van der Waals surface area contributed by atoms with Gasteiger partial charge in [-0.15, -0.1) is 0 Å². The number of nitro benzene ring substituents is 1. The van der Waals surface area contributed by atoms with Gasteiger partial charge < -0.3 is 4.74 Å². The third kappa shape index (κ3) is 2.45. The second kappa shape index (κ2) is 4.59. The molecule has 0 saturated carbocycles. The summed E-state index contributed by atoms with van der Waals surface area (Å²) in [5.74, 6) is -0.00722. The SMILES string of the molecule is COc1cc(C(=O)Cl)c(Br)cc1[N+](=O)[O-]. The minimum absolute atomic E-state index is 0.00722. The van der Waals surface area contributed by atoms with Crippen molar-refractivity contribution in [3.05, 3.63) is 32.3 Å². The van der Waals surface area contributed by atoms with Crippen LogP contribution in [0.4, 0.5) is 5.69 Å². The van der Waals surface area contributed by atoms with Gasteiger partial charge in [0, 0.05) is 16.6 Å². The van der Waals surface area contributed by atoms with E-state index in [1.807, 2.05) is 0 Å². The predicted octanol–water partition coefficient (Wildman–Crippen LogP) is 2.74. The van der Waals surface area contributed by atoms with Gasteiger partial charge in [0.1, 0.15) is 0 Å². The molecular formula is C8H5BrClNO4. The molecule has 5 nitrogen and oxygen atoms in total. The molecule has 0 aliphatic carbocycles. The summed E-state index contributed by atoms with van der Waals surface area (Å²) in [5, 5.41) is 9.89. The summed E-state index contributed by atoms with van der Waals surface area (Å²) in [6.45, 7) is 0. The topological polar surface area (TPSA) is 69.4 Å². The Morgan fingerprint density at radius 2 is 2.20 bits per heavy atom. The van der Waals surface area contributed by atoms with Gasteiger partial charge in [0.15, 0.2) is 5.75 Å². The van der Waals surface area contributed by atoms with Crippen LogP contribution in [0.5, 0.6) is 5.75 Å². The zero-order valence-corrected chi connectivity index (χ0v) is 9.83. The van der Waals surface area contributed by atoms with Crippen LogP contribution in [0.25, 0.3) is 0 Å². The Bertz CT molecular complexity index is 435. The van der Waals surface area contributed by atoms with Gasteiger partial charge in [-0.05, 0) is 27.5 Å². The smallest absolute Gasteiger partial charge is 0.312 e. The molecule has 80 valence electrons. The highest BCUT2D eigenvalue weighted by Gasteiger charge is 2.20. The number of nitro groups is 1. The maximum Gasteiger partial charge on any atom is 0.312 e. The molecule has 15 heavy (non-hydrogen) atoms. The second-order valence-corrected chi connectivity index (χ2v) is 3.73. The van der Waals surface area contributed by atoms with Crippen molar-refractivity contribution in [2.45, 2.75) is 0 Å². The first-order valence-corrected chi connectivity index (χ1v) is 4.86. The maximum absolute atomic E-state index is 10.9. The third-order valence-corrected chi connectivity index (χ3v) is 2.54. The zero-order valence-electron chi connectivity index (χ0n) is 7.49.